The van der Waals surface area contributed by atoms with Gasteiger partial charge in [-0.05, 0) is 49.7 Å². The number of imide groups is 1. The van der Waals surface area contributed by atoms with E-state index in [1.54, 1.807) is 23.1 Å². The lowest BCUT2D eigenvalue weighted by Crippen LogP contribution is -2.41. The standard InChI is InChI=1S/C19H17BrCl2N2O2/c1-11(2)23-17(7-12-3-5-13(20)6-4-12)18(25)24(19(23)26)16-9-14(21)8-15(22)10-16/h3-6,8-11,17H,7H2,1-2H3. The average Bonchev–Trinajstić information content (AvgIpc) is 2.79. The molecule has 0 bridgehead atoms. The van der Waals surface area contributed by atoms with Gasteiger partial charge in [0.1, 0.15) is 6.04 Å². The van der Waals surface area contributed by atoms with Gasteiger partial charge in [-0.3, -0.25) is 4.79 Å². The Labute approximate surface area is 170 Å². The van der Waals surface area contributed by atoms with Crippen LogP contribution in [-0.4, -0.2) is 28.9 Å². The molecule has 2 aromatic rings. The Balaban J connectivity index is 1.97. The molecule has 0 saturated carbocycles. The molecule has 3 rings (SSSR count). The Bertz CT molecular complexity index is 835. The summed E-state index contributed by atoms with van der Waals surface area (Å²) in [6.07, 6.45) is 0.445. The van der Waals surface area contributed by atoms with Crippen LogP contribution in [0.3, 0.4) is 0 Å². The minimum absolute atomic E-state index is 0.119. The molecule has 4 nitrogen and oxygen atoms in total. The minimum Gasteiger partial charge on any atom is -0.309 e. The number of hydrogen-bond acceptors (Lipinski definition) is 2. The normalized spacial score (nSPS) is 17.5. The van der Waals surface area contributed by atoms with Crippen molar-refractivity contribution in [2.45, 2.75) is 32.4 Å². The summed E-state index contributed by atoms with van der Waals surface area (Å²) >= 11 is 15.5. The summed E-state index contributed by atoms with van der Waals surface area (Å²) < 4.78 is 0.964. The summed E-state index contributed by atoms with van der Waals surface area (Å²) in [5, 5.41) is 0.751. The first kappa shape index (κ1) is 19.2. The Morgan fingerprint density at radius 3 is 2.15 bits per heavy atom. The fraction of sp³-hybridized carbons (Fsp3) is 0.263. The van der Waals surface area contributed by atoms with Crippen molar-refractivity contribution >= 4 is 56.8 Å². The van der Waals surface area contributed by atoms with E-state index in [1.807, 2.05) is 38.1 Å². The van der Waals surface area contributed by atoms with E-state index in [2.05, 4.69) is 15.9 Å². The highest BCUT2D eigenvalue weighted by Crippen LogP contribution is 2.32. The predicted molar refractivity (Wildman–Crippen MR) is 108 cm³/mol. The van der Waals surface area contributed by atoms with E-state index in [1.165, 1.54) is 4.90 Å². The smallest absolute Gasteiger partial charge is 0.309 e. The highest BCUT2D eigenvalue weighted by Gasteiger charge is 2.46. The van der Waals surface area contributed by atoms with Crippen LogP contribution in [-0.2, 0) is 11.2 Å². The van der Waals surface area contributed by atoms with Crippen molar-refractivity contribution in [3.63, 3.8) is 0 Å². The molecule has 1 fully saturated rings. The van der Waals surface area contributed by atoms with Crippen LogP contribution in [0.15, 0.2) is 46.9 Å². The number of urea groups is 1. The SMILES string of the molecule is CC(C)N1C(=O)N(c2cc(Cl)cc(Cl)c2)C(=O)C1Cc1ccc(Br)cc1. The predicted octanol–water partition coefficient (Wildman–Crippen LogP) is 5.54. The molecule has 0 N–H and O–H groups in total. The van der Waals surface area contributed by atoms with Gasteiger partial charge in [-0.15, -0.1) is 0 Å². The highest BCUT2D eigenvalue weighted by molar-refractivity contribution is 9.10. The molecule has 1 atom stereocenters. The van der Waals surface area contributed by atoms with Crippen molar-refractivity contribution in [2.24, 2.45) is 0 Å². The van der Waals surface area contributed by atoms with Crippen LogP contribution in [0.5, 0.6) is 0 Å². The molecule has 1 aliphatic rings. The summed E-state index contributed by atoms with van der Waals surface area (Å²) in [6.45, 7) is 3.79. The number of halogens is 3. The fourth-order valence-corrected chi connectivity index (χ4v) is 3.91. The van der Waals surface area contributed by atoms with Crippen LogP contribution < -0.4 is 4.90 Å². The number of benzene rings is 2. The maximum atomic E-state index is 13.1. The molecule has 0 aromatic heterocycles. The molecule has 1 saturated heterocycles. The maximum absolute atomic E-state index is 13.1. The topological polar surface area (TPSA) is 40.6 Å². The molecule has 26 heavy (non-hydrogen) atoms. The Morgan fingerprint density at radius 2 is 1.62 bits per heavy atom. The van der Waals surface area contributed by atoms with E-state index in [9.17, 15) is 9.59 Å². The lowest BCUT2D eigenvalue weighted by atomic mass is 10.0. The largest absolute Gasteiger partial charge is 0.332 e. The van der Waals surface area contributed by atoms with Gasteiger partial charge >= 0.3 is 6.03 Å². The number of carbonyl (C=O) groups excluding carboxylic acids is 2. The maximum Gasteiger partial charge on any atom is 0.332 e. The van der Waals surface area contributed by atoms with Crippen molar-refractivity contribution in [1.29, 1.82) is 0 Å². The zero-order chi connectivity index (χ0) is 19.0. The van der Waals surface area contributed by atoms with E-state index in [4.69, 9.17) is 23.2 Å². The lowest BCUT2D eigenvalue weighted by Gasteiger charge is -2.25. The zero-order valence-corrected chi connectivity index (χ0v) is 17.3. The summed E-state index contributed by atoms with van der Waals surface area (Å²) in [6, 6.07) is 11.4. The molecular weight excluding hydrogens is 439 g/mol. The van der Waals surface area contributed by atoms with Gasteiger partial charge < -0.3 is 4.90 Å². The molecule has 0 radical (unpaired) electrons. The second kappa shape index (κ2) is 7.59. The summed E-state index contributed by atoms with van der Waals surface area (Å²) in [5.41, 5.74) is 1.37. The van der Waals surface area contributed by atoms with Crippen LogP contribution >= 0.6 is 39.1 Å². The van der Waals surface area contributed by atoms with Gasteiger partial charge in [-0.1, -0.05) is 51.3 Å². The van der Waals surface area contributed by atoms with Gasteiger partial charge in [-0.2, -0.15) is 0 Å². The van der Waals surface area contributed by atoms with Gasteiger partial charge in [0.2, 0.25) is 0 Å². The Morgan fingerprint density at radius 1 is 1.04 bits per heavy atom. The Hall–Kier alpha value is -1.56. The highest BCUT2D eigenvalue weighted by atomic mass is 79.9. The first-order valence-corrected chi connectivity index (χ1v) is 9.69. The minimum atomic E-state index is -0.568. The third kappa shape index (κ3) is 3.75. The molecule has 1 unspecified atom stereocenters. The molecule has 136 valence electrons. The molecule has 2 aromatic carbocycles. The molecule has 1 aliphatic heterocycles. The van der Waals surface area contributed by atoms with E-state index >= 15 is 0 Å². The zero-order valence-electron chi connectivity index (χ0n) is 14.2. The second-order valence-electron chi connectivity index (χ2n) is 6.43. The summed E-state index contributed by atoms with van der Waals surface area (Å²) in [4.78, 5) is 28.8. The monoisotopic (exact) mass is 454 g/mol. The first-order valence-electron chi connectivity index (χ1n) is 8.14. The van der Waals surface area contributed by atoms with Crippen molar-refractivity contribution < 1.29 is 9.59 Å². The summed E-state index contributed by atoms with van der Waals surface area (Å²) in [5.74, 6) is -0.273. The molecule has 1 heterocycles. The third-order valence-corrected chi connectivity index (χ3v) is 5.22. The lowest BCUT2D eigenvalue weighted by molar-refractivity contribution is -0.120. The number of nitrogens with zero attached hydrogens (tertiary/aromatic N) is 2. The van der Waals surface area contributed by atoms with Gasteiger partial charge in [0.15, 0.2) is 0 Å². The average molecular weight is 456 g/mol. The van der Waals surface area contributed by atoms with Gasteiger partial charge in [0, 0.05) is 27.0 Å². The van der Waals surface area contributed by atoms with E-state index in [0.29, 0.717) is 22.2 Å². The molecule has 0 spiro atoms. The molecule has 3 amide bonds. The molecule has 0 aliphatic carbocycles. The third-order valence-electron chi connectivity index (χ3n) is 4.26. The van der Waals surface area contributed by atoms with Crippen molar-refractivity contribution in [3.05, 3.63) is 62.5 Å². The van der Waals surface area contributed by atoms with E-state index in [-0.39, 0.29) is 18.0 Å². The van der Waals surface area contributed by atoms with Crippen LogP contribution in [0.25, 0.3) is 0 Å². The number of anilines is 1. The van der Waals surface area contributed by atoms with Gasteiger partial charge in [0.05, 0.1) is 5.69 Å². The summed E-state index contributed by atoms with van der Waals surface area (Å²) in [7, 11) is 0. The number of amides is 3. The van der Waals surface area contributed by atoms with E-state index < -0.39 is 6.04 Å². The molecule has 7 heteroatoms. The number of rotatable bonds is 4. The van der Waals surface area contributed by atoms with Crippen molar-refractivity contribution in [1.82, 2.24) is 4.90 Å². The number of carbonyl (C=O) groups is 2. The van der Waals surface area contributed by atoms with Gasteiger partial charge in [-0.25, -0.2) is 9.69 Å². The Kier molecular flexibility index (Phi) is 5.61. The fourth-order valence-electron chi connectivity index (χ4n) is 3.13. The second-order valence-corrected chi connectivity index (χ2v) is 8.22. The van der Waals surface area contributed by atoms with Crippen LogP contribution in [0, 0.1) is 0 Å². The first-order chi connectivity index (χ1) is 12.3. The van der Waals surface area contributed by atoms with Crippen molar-refractivity contribution in [3.8, 4) is 0 Å². The number of hydrogen-bond donors (Lipinski definition) is 0. The van der Waals surface area contributed by atoms with Crippen LogP contribution in [0.2, 0.25) is 10.0 Å². The van der Waals surface area contributed by atoms with E-state index in [0.717, 1.165) is 10.0 Å². The molecular formula is C19H17BrCl2N2O2. The quantitative estimate of drug-likeness (QED) is 0.567. The van der Waals surface area contributed by atoms with Gasteiger partial charge in [0.25, 0.3) is 5.91 Å². The van der Waals surface area contributed by atoms with Crippen LogP contribution in [0.4, 0.5) is 10.5 Å². The van der Waals surface area contributed by atoms with Crippen molar-refractivity contribution in [2.75, 3.05) is 4.90 Å². The van der Waals surface area contributed by atoms with Crippen LogP contribution in [0.1, 0.15) is 19.4 Å².